The van der Waals surface area contributed by atoms with Gasteiger partial charge in [-0.15, -0.1) is 0 Å². The molecule has 1 amide bonds. The molecule has 0 saturated carbocycles. The molecule has 1 unspecified atom stereocenters. The van der Waals surface area contributed by atoms with Crippen molar-refractivity contribution in [2.75, 3.05) is 5.32 Å². The van der Waals surface area contributed by atoms with Crippen molar-refractivity contribution in [1.82, 2.24) is 5.32 Å². The minimum atomic E-state index is -0.162. The van der Waals surface area contributed by atoms with Crippen LogP contribution in [0.25, 0.3) is 0 Å². The van der Waals surface area contributed by atoms with E-state index in [1.165, 1.54) is 5.56 Å². The van der Waals surface area contributed by atoms with E-state index < -0.39 is 0 Å². The van der Waals surface area contributed by atoms with Gasteiger partial charge in [0.15, 0.2) is 0 Å². The van der Waals surface area contributed by atoms with Crippen LogP contribution in [0.3, 0.4) is 0 Å². The van der Waals surface area contributed by atoms with Gasteiger partial charge in [0.05, 0.1) is 12.8 Å². The minimum Gasteiger partial charge on any atom is -0.467 e. The first kappa shape index (κ1) is 11.8. The maximum atomic E-state index is 12.1. The number of rotatable bonds is 3. The largest absolute Gasteiger partial charge is 0.467 e. The number of nitrogens with one attached hydrogen (secondary N) is 2. The summed E-state index contributed by atoms with van der Waals surface area (Å²) in [6.45, 7) is 0.436. The van der Waals surface area contributed by atoms with E-state index in [0.29, 0.717) is 6.54 Å². The van der Waals surface area contributed by atoms with Crippen LogP contribution in [0.1, 0.15) is 17.7 Å². The van der Waals surface area contributed by atoms with Crippen LogP contribution in [0.2, 0.25) is 0 Å². The predicted molar refractivity (Wildman–Crippen MR) is 72.7 cm³/mol. The quantitative estimate of drug-likeness (QED) is 0.886. The first-order valence-electron chi connectivity index (χ1n) is 6.47. The molecule has 0 spiro atoms. The Morgan fingerprint density at radius 3 is 3.05 bits per heavy atom. The molecule has 1 atom stereocenters. The molecule has 2 aromatic rings. The van der Waals surface area contributed by atoms with E-state index in [1.807, 2.05) is 30.3 Å². The van der Waals surface area contributed by atoms with Crippen LogP contribution in [-0.2, 0) is 17.8 Å². The fourth-order valence-electron chi connectivity index (χ4n) is 2.35. The van der Waals surface area contributed by atoms with Gasteiger partial charge in [-0.3, -0.25) is 4.79 Å². The van der Waals surface area contributed by atoms with Gasteiger partial charge in [0.25, 0.3) is 0 Å². The third-order valence-corrected chi connectivity index (χ3v) is 3.38. The average Bonchev–Trinajstić information content (AvgIpc) is 2.97. The van der Waals surface area contributed by atoms with Gasteiger partial charge in [-0.2, -0.15) is 0 Å². The lowest BCUT2D eigenvalue weighted by Crippen LogP contribution is -2.41. The van der Waals surface area contributed by atoms with E-state index in [0.717, 1.165) is 24.3 Å². The number of carbonyl (C=O) groups excluding carboxylic acids is 1. The minimum absolute atomic E-state index is 0.0194. The van der Waals surface area contributed by atoms with Gasteiger partial charge in [-0.25, -0.2) is 0 Å². The summed E-state index contributed by atoms with van der Waals surface area (Å²) >= 11 is 0. The number of amides is 1. The first-order chi connectivity index (χ1) is 9.33. The molecule has 19 heavy (non-hydrogen) atoms. The second-order valence-corrected chi connectivity index (χ2v) is 4.69. The topological polar surface area (TPSA) is 54.3 Å². The zero-order chi connectivity index (χ0) is 13.1. The molecule has 2 N–H and O–H groups in total. The summed E-state index contributed by atoms with van der Waals surface area (Å²) < 4.78 is 5.19. The highest BCUT2D eigenvalue weighted by atomic mass is 16.3. The molecule has 1 aliphatic heterocycles. The standard InChI is InChI=1S/C15H16N2O2/c18-15(16-10-12-5-3-9-19-12)14-8-7-11-4-1-2-6-13(11)17-14/h1-6,9,14,17H,7-8,10H2,(H,16,18). The van der Waals surface area contributed by atoms with Crippen LogP contribution in [0.15, 0.2) is 47.1 Å². The van der Waals surface area contributed by atoms with Crippen molar-refractivity contribution in [3.63, 3.8) is 0 Å². The van der Waals surface area contributed by atoms with E-state index in [2.05, 4.69) is 16.7 Å². The van der Waals surface area contributed by atoms with Crippen LogP contribution < -0.4 is 10.6 Å². The average molecular weight is 256 g/mol. The van der Waals surface area contributed by atoms with E-state index in [-0.39, 0.29) is 11.9 Å². The highest BCUT2D eigenvalue weighted by Crippen LogP contribution is 2.24. The Labute approximate surface area is 111 Å². The highest BCUT2D eigenvalue weighted by Gasteiger charge is 2.23. The van der Waals surface area contributed by atoms with Gasteiger partial charge >= 0.3 is 0 Å². The summed E-state index contributed by atoms with van der Waals surface area (Å²) in [5.41, 5.74) is 2.34. The van der Waals surface area contributed by atoms with E-state index in [1.54, 1.807) is 6.26 Å². The van der Waals surface area contributed by atoms with Crippen LogP contribution in [0.4, 0.5) is 5.69 Å². The molecular formula is C15H16N2O2. The van der Waals surface area contributed by atoms with Crippen molar-refractivity contribution in [2.24, 2.45) is 0 Å². The molecule has 0 aliphatic carbocycles. The van der Waals surface area contributed by atoms with Crippen molar-refractivity contribution in [3.8, 4) is 0 Å². The van der Waals surface area contributed by atoms with Crippen molar-refractivity contribution >= 4 is 11.6 Å². The number of hydrogen-bond acceptors (Lipinski definition) is 3. The zero-order valence-corrected chi connectivity index (χ0v) is 10.6. The molecule has 1 aromatic carbocycles. The van der Waals surface area contributed by atoms with E-state index in [9.17, 15) is 4.79 Å². The lowest BCUT2D eigenvalue weighted by molar-refractivity contribution is -0.122. The van der Waals surface area contributed by atoms with E-state index >= 15 is 0 Å². The number of carbonyl (C=O) groups is 1. The van der Waals surface area contributed by atoms with Crippen LogP contribution in [0, 0.1) is 0 Å². The fourth-order valence-corrected chi connectivity index (χ4v) is 2.35. The summed E-state index contributed by atoms with van der Waals surface area (Å²) in [4.78, 5) is 12.1. The lowest BCUT2D eigenvalue weighted by atomic mass is 9.98. The molecule has 1 aromatic heterocycles. The number of furan rings is 1. The highest BCUT2D eigenvalue weighted by molar-refractivity contribution is 5.85. The van der Waals surface area contributed by atoms with Crippen LogP contribution in [-0.4, -0.2) is 11.9 Å². The van der Waals surface area contributed by atoms with Gasteiger partial charge in [0, 0.05) is 5.69 Å². The Balaban J connectivity index is 1.60. The summed E-state index contributed by atoms with van der Waals surface area (Å²) in [5.74, 6) is 0.787. The Morgan fingerprint density at radius 1 is 1.32 bits per heavy atom. The molecule has 3 rings (SSSR count). The predicted octanol–water partition coefficient (Wildman–Crippen LogP) is 2.32. The van der Waals surface area contributed by atoms with Gasteiger partial charge in [0.1, 0.15) is 11.8 Å². The molecule has 0 fully saturated rings. The molecule has 4 nitrogen and oxygen atoms in total. The molecule has 0 saturated heterocycles. The summed E-state index contributed by atoms with van der Waals surface area (Å²) in [5, 5.41) is 6.17. The van der Waals surface area contributed by atoms with Gasteiger partial charge in [-0.05, 0) is 36.6 Å². The zero-order valence-electron chi connectivity index (χ0n) is 10.6. The second-order valence-electron chi connectivity index (χ2n) is 4.69. The maximum Gasteiger partial charge on any atom is 0.242 e. The lowest BCUT2D eigenvalue weighted by Gasteiger charge is -2.26. The summed E-state index contributed by atoms with van der Waals surface area (Å²) in [6.07, 6.45) is 3.36. The van der Waals surface area contributed by atoms with Crippen molar-refractivity contribution in [3.05, 3.63) is 54.0 Å². The maximum absolute atomic E-state index is 12.1. The van der Waals surface area contributed by atoms with Crippen LogP contribution in [0.5, 0.6) is 0 Å². The fraction of sp³-hybridized carbons (Fsp3) is 0.267. The number of anilines is 1. The SMILES string of the molecule is O=C(NCc1ccco1)C1CCc2ccccc2N1. The second kappa shape index (κ2) is 5.18. The summed E-state index contributed by atoms with van der Waals surface area (Å²) in [7, 11) is 0. The van der Waals surface area contributed by atoms with Gasteiger partial charge in [-0.1, -0.05) is 18.2 Å². The molecule has 0 bridgehead atoms. The van der Waals surface area contributed by atoms with Gasteiger partial charge < -0.3 is 15.1 Å². The molecule has 1 aliphatic rings. The Morgan fingerprint density at radius 2 is 2.21 bits per heavy atom. The third kappa shape index (κ3) is 2.62. The monoisotopic (exact) mass is 256 g/mol. The van der Waals surface area contributed by atoms with Crippen molar-refractivity contribution < 1.29 is 9.21 Å². The van der Waals surface area contributed by atoms with Gasteiger partial charge in [0.2, 0.25) is 5.91 Å². The van der Waals surface area contributed by atoms with Crippen molar-refractivity contribution in [1.29, 1.82) is 0 Å². The molecular weight excluding hydrogens is 240 g/mol. The number of para-hydroxylation sites is 1. The first-order valence-corrected chi connectivity index (χ1v) is 6.47. The summed E-state index contributed by atoms with van der Waals surface area (Å²) in [6, 6.07) is 11.6. The smallest absolute Gasteiger partial charge is 0.242 e. The molecule has 98 valence electrons. The number of benzene rings is 1. The number of hydrogen-bond donors (Lipinski definition) is 2. The Bertz CT molecular complexity index is 563. The molecule has 0 radical (unpaired) electrons. The molecule has 2 heterocycles. The number of aryl methyl sites for hydroxylation is 1. The third-order valence-electron chi connectivity index (χ3n) is 3.38. The van der Waals surface area contributed by atoms with Crippen LogP contribution >= 0.6 is 0 Å². The van der Waals surface area contributed by atoms with E-state index in [4.69, 9.17) is 4.42 Å². The Hall–Kier alpha value is -2.23. The number of fused-ring (bicyclic) bond motifs is 1. The normalized spacial score (nSPS) is 17.4. The Kier molecular flexibility index (Phi) is 3.23. The van der Waals surface area contributed by atoms with Crippen molar-refractivity contribution in [2.45, 2.75) is 25.4 Å². The molecule has 4 heteroatoms.